The molecule has 1 atom stereocenters. The molecule has 0 bridgehead atoms. The van der Waals surface area contributed by atoms with E-state index >= 15 is 0 Å². The molecule has 2 heterocycles. The van der Waals surface area contributed by atoms with Crippen molar-refractivity contribution in [2.45, 2.75) is 17.3 Å². The van der Waals surface area contributed by atoms with Gasteiger partial charge in [0.1, 0.15) is 5.82 Å². The highest BCUT2D eigenvalue weighted by molar-refractivity contribution is 7.99. The fraction of sp³-hybridized carbons (Fsp3) is 0.111. The fourth-order valence-electron chi connectivity index (χ4n) is 2.55. The standard InChI is InChI=1S/C18H14ClN5OS/c1-10(15-20-14-5-3-2-4-13(14)17(25)21-15)26-18-22-16(23-24-18)11-6-8-12(19)9-7-11/h2-10H,1H3,(H,20,21,25)(H,22,23,24)/t10-/m0/s1. The topological polar surface area (TPSA) is 87.3 Å². The van der Waals surface area contributed by atoms with Crippen LogP contribution in [0.5, 0.6) is 0 Å². The van der Waals surface area contributed by atoms with Crippen LogP contribution in [0.1, 0.15) is 18.0 Å². The first-order valence-electron chi connectivity index (χ1n) is 7.94. The maximum atomic E-state index is 12.2. The highest BCUT2D eigenvalue weighted by Gasteiger charge is 2.15. The average Bonchev–Trinajstić information content (AvgIpc) is 3.10. The summed E-state index contributed by atoms with van der Waals surface area (Å²) in [6.45, 7) is 1.95. The van der Waals surface area contributed by atoms with E-state index in [4.69, 9.17) is 11.6 Å². The van der Waals surface area contributed by atoms with Gasteiger partial charge < -0.3 is 4.98 Å². The molecule has 0 unspecified atom stereocenters. The molecule has 0 aliphatic rings. The minimum Gasteiger partial charge on any atom is -0.309 e. The molecule has 2 aromatic carbocycles. The van der Waals surface area contributed by atoms with Gasteiger partial charge in [0.15, 0.2) is 5.82 Å². The molecule has 0 radical (unpaired) electrons. The van der Waals surface area contributed by atoms with Gasteiger partial charge >= 0.3 is 0 Å². The van der Waals surface area contributed by atoms with Crippen LogP contribution >= 0.6 is 23.4 Å². The van der Waals surface area contributed by atoms with E-state index in [9.17, 15) is 4.79 Å². The van der Waals surface area contributed by atoms with Gasteiger partial charge in [0.25, 0.3) is 5.56 Å². The Kier molecular flexibility index (Phi) is 4.48. The molecule has 130 valence electrons. The Balaban J connectivity index is 1.58. The fourth-order valence-corrected chi connectivity index (χ4v) is 3.45. The summed E-state index contributed by atoms with van der Waals surface area (Å²) in [6.07, 6.45) is 0. The number of benzene rings is 2. The number of H-pyrrole nitrogens is 2. The molecule has 6 nitrogen and oxygen atoms in total. The molecule has 2 aromatic heterocycles. The molecule has 0 aliphatic carbocycles. The predicted octanol–water partition coefficient (Wildman–Crippen LogP) is 4.21. The van der Waals surface area contributed by atoms with Crippen LogP contribution in [-0.2, 0) is 0 Å². The van der Waals surface area contributed by atoms with Crippen LogP contribution in [0.25, 0.3) is 22.3 Å². The number of para-hydroxylation sites is 1. The normalized spacial score (nSPS) is 12.4. The van der Waals surface area contributed by atoms with Crippen LogP contribution in [0.2, 0.25) is 5.02 Å². The predicted molar refractivity (Wildman–Crippen MR) is 103 cm³/mol. The maximum absolute atomic E-state index is 12.2. The van der Waals surface area contributed by atoms with Gasteiger partial charge in [-0.25, -0.2) is 9.97 Å². The van der Waals surface area contributed by atoms with Crippen LogP contribution in [0.15, 0.2) is 58.5 Å². The van der Waals surface area contributed by atoms with Crippen LogP contribution in [0, 0.1) is 0 Å². The van der Waals surface area contributed by atoms with Gasteiger partial charge in [0.2, 0.25) is 5.16 Å². The van der Waals surface area contributed by atoms with E-state index in [-0.39, 0.29) is 10.8 Å². The summed E-state index contributed by atoms with van der Waals surface area (Å²) in [5, 5.41) is 8.88. The first kappa shape index (κ1) is 16.8. The number of hydrogen-bond acceptors (Lipinski definition) is 5. The number of thioether (sulfide) groups is 1. The third kappa shape index (κ3) is 3.36. The Morgan fingerprint density at radius 3 is 2.65 bits per heavy atom. The lowest BCUT2D eigenvalue weighted by Gasteiger charge is -2.08. The van der Waals surface area contributed by atoms with E-state index in [0.717, 1.165) is 5.56 Å². The Morgan fingerprint density at radius 2 is 1.85 bits per heavy atom. The van der Waals surface area contributed by atoms with Crippen molar-refractivity contribution < 1.29 is 0 Å². The van der Waals surface area contributed by atoms with E-state index in [1.165, 1.54) is 11.8 Å². The first-order chi connectivity index (χ1) is 12.6. The number of halogens is 1. The van der Waals surface area contributed by atoms with Crippen LogP contribution < -0.4 is 5.56 Å². The SMILES string of the molecule is C[C@H](Sc1n[nH]c(-c2ccc(Cl)cc2)n1)c1nc2ccccc2c(=O)[nH]1. The van der Waals surface area contributed by atoms with Gasteiger partial charge in [-0.3, -0.25) is 9.89 Å². The molecule has 0 amide bonds. The van der Waals surface area contributed by atoms with Gasteiger partial charge in [0, 0.05) is 10.6 Å². The Bertz CT molecular complexity index is 1120. The van der Waals surface area contributed by atoms with Gasteiger partial charge in [-0.05, 0) is 43.3 Å². The van der Waals surface area contributed by atoms with Crippen molar-refractivity contribution in [3.8, 4) is 11.4 Å². The summed E-state index contributed by atoms with van der Waals surface area (Å²) in [5.41, 5.74) is 1.43. The Hall–Kier alpha value is -2.64. The molecular formula is C18H14ClN5OS. The van der Waals surface area contributed by atoms with Crippen molar-refractivity contribution in [3.05, 3.63) is 69.7 Å². The Labute approximate surface area is 158 Å². The highest BCUT2D eigenvalue weighted by Crippen LogP contribution is 2.31. The van der Waals surface area contributed by atoms with E-state index < -0.39 is 0 Å². The lowest BCUT2D eigenvalue weighted by Crippen LogP contribution is -2.12. The van der Waals surface area contributed by atoms with Crippen molar-refractivity contribution in [1.82, 2.24) is 25.1 Å². The lowest BCUT2D eigenvalue weighted by molar-refractivity contribution is 0.904. The number of hydrogen-bond donors (Lipinski definition) is 2. The van der Waals surface area contributed by atoms with Crippen molar-refractivity contribution in [2.24, 2.45) is 0 Å². The molecular weight excluding hydrogens is 370 g/mol. The Morgan fingerprint density at radius 1 is 1.08 bits per heavy atom. The quantitative estimate of drug-likeness (QED) is 0.515. The van der Waals surface area contributed by atoms with Gasteiger partial charge in [-0.2, -0.15) is 0 Å². The third-order valence-corrected chi connectivity index (χ3v) is 5.10. The minimum atomic E-state index is -0.144. The summed E-state index contributed by atoms with van der Waals surface area (Å²) >= 11 is 7.33. The zero-order valence-electron chi connectivity index (χ0n) is 13.7. The first-order valence-corrected chi connectivity index (χ1v) is 9.20. The molecule has 0 saturated heterocycles. The summed E-state index contributed by atoms with van der Waals surface area (Å²) in [5.74, 6) is 1.26. The zero-order chi connectivity index (χ0) is 18.1. The number of aromatic nitrogens is 5. The summed E-state index contributed by atoms with van der Waals surface area (Å²) in [6, 6.07) is 14.6. The summed E-state index contributed by atoms with van der Waals surface area (Å²) in [7, 11) is 0. The summed E-state index contributed by atoms with van der Waals surface area (Å²) < 4.78 is 0. The molecule has 4 rings (SSSR count). The van der Waals surface area contributed by atoms with E-state index in [1.807, 2.05) is 37.3 Å². The van der Waals surface area contributed by atoms with Gasteiger partial charge in [-0.1, -0.05) is 35.5 Å². The molecule has 8 heteroatoms. The van der Waals surface area contributed by atoms with Crippen molar-refractivity contribution >= 4 is 34.3 Å². The molecule has 2 N–H and O–H groups in total. The second-order valence-electron chi connectivity index (χ2n) is 5.70. The molecule has 0 aliphatic heterocycles. The number of nitrogens with one attached hydrogen (secondary N) is 2. The molecule has 0 spiro atoms. The highest BCUT2D eigenvalue weighted by atomic mass is 35.5. The van der Waals surface area contributed by atoms with E-state index in [0.29, 0.717) is 32.7 Å². The largest absolute Gasteiger partial charge is 0.309 e. The van der Waals surface area contributed by atoms with Crippen molar-refractivity contribution in [3.63, 3.8) is 0 Å². The monoisotopic (exact) mass is 383 g/mol. The smallest absolute Gasteiger partial charge is 0.258 e. The molecule has 26 heavy (non-hydrogen) atoms. The number of rotatable bonds is 4. The van der Waals surface area contributed by atoms with Crippen LogP contribution in [0.4, 0.5) is 0 Å². The third-order valence-electron chi connectivity index (χ3n) is 3.88. The second kappa shape index (κ2) is 6.93. The van der Waals surface area contributed by atoms with Gasteiger partial charge in [-0.15, -0.1) is 5.10 Å². The lowest BCUT2D eigenvalue weighted by atomic mass is 10.2. The number of nitrogens with zero attached hydrogens (tertiary/aromatic N) is 3. The van der Waals surface area contributed by atoms with Gasteiger partial charge in [0.05, 0.1) is 16.2 Å². The minimum absolute atomic E-state index is 0.110. The number of fused-ring (bicyclic) bond motifs is 1. The van der Waals surface area contributed by atoms with E-state index in [1.54, 1.807) is 18.2 Å². The molecule has 0 saturated carbocycles. The van der Waals surface area contributed by atoms with Crippen molar-refractivity contribution in [1.29, 1.82) is 0 Å². The average molecular weight is 384 g/mol. The van der Waals surface area contributed by atoms with E-state index in [2.05, 4.69) is 25.1 Å². The van der Waals surface area contributed by atoms with Crippen molar-refractivity contribution in [2.75, 3.05) is 0 Å². The molecule has 0 fully saturated rings. The maximum Gasteiger partial charge on any atom is 0.258 e. The van der Waals surface area contributed by atoms with Crippen LogP contribution in [0.3, 0.4) is 0 Å². The van der Waals surface area contributed by atoms with Crippen LogP contribution in [-0.4, -0.2) is 25.1 Å². The second-order valence-corrected chi connectivity index (χ2v) is 7.45. The number of aromatic amines is 2. The zero-order valence-corrected chi connectivity index (χ0v) is 15.3. The summed E-state index contributed by atoms with van der Waals surface area (Å²) in [4.78, 5) is 24.1. The molecule has 4 aromatic rings.